The zero-order valence-electron chi connectivity index (χ0n) is 28.1. The largest absolute Gasteiger partial charge is 0.507 e. The molecule has 1 amide bonds. The van der Waals surface area contributed by atoms with Gasteiger partial charge < -0.3 is 29.9 Å². The molecule has 0 saturated carbocycles. The van der Waals surface area contributed by atoms with Crippen LogP contribution in [-0.2, 0) is 13.0 Å². The molecule has 1 aromatic heterocycles. The number of hydrogen-bond donors (Lipinski definition) is 3. The maximum absolute atomic E-state index is 13.3. The number of nitrogens with zero attached hydrogens (tertiary/aromatic N) is 3. The Morgan fingerprint density at radius 1 is 0.792 bits per heavy atom. The lowest BCUT2D eigenvalue weighted by atomic mass is 10.0. The zero-order valence-corrected chi connectivity index (χ0v) is 28.1. The molecule has 0 unspecified atom stereocenters. The maximum atomic E-state index is 13.3. The van der Waals surface area contributed by atoms with Crippen LogP contribution in [0.2, 0.25) is 0 Å². The quantitative estimate of drug-likeness (QED) is 0.128. The first kappa shape index (κ1) is 33.2. The molecule has 48 heavy (non-hydrogen) atoms. The number of carbonyl (C=O) groups excluding carboxylic acids is 1. The molecule has 8 heteroatoms. The number of anilines is 1. The minimum Gasteiger partial charge on any atom is -0.507 e. The predicted octanol–water partition coefficient (Wildman–Crippen LogP) is 7.74. The van der Waals surface area contributed by atoms with E-state index in [1.807, 2.05) is 12.1 Å². The summed E-state index contributed by atoms with van der Waals surface area (Å²) in [7, 11) is 2.21. The number of unbranched alkanes of at least 4 members (excludes halogenated alkanes) is 2. The van der Waals surface area contributed by atoms with Crippen molar-refractivity contribution in [2.24, 2.45) is 0 Å². The van der Waals surface area contributed by atoms with Gasteiger partial charge in [0, 0.05) is 72.7 Å². The Morgan fingerprint density at radius 3 is 2.12 bits per heavy atom. The molecule has 0 atom stereocenters. The van der Waals surface area contributed by atoms with Crippen molar-refractivity contribution < 1.29 is 19.4 Å². The fourth-order valence-corrected chi connectivity index (χ4v) is 6.76. The molecule has 1 aliphatic heterocycles. The average molecular weight is 649 g/mol. The number of nitrogens with one attached hydrogen (secondary N) is 1. The van der Waals surface area contributed by atoms with Gasteiger partial charge in [-0.05, 0) is 105 Å². The second-order valence-electron chi connectivity index (χ2n) is 13.1. The molecule has 4 aromatic carbocycles. The summed E-state index contributed by atoms with van der Waals surface area (Å²) in [6.07, 6.45) is 4.43. The van der Waals surface area contributed by atoms with E-state index in [1.165, 1.54) is 116 Å². The molecule has 0 radical (unpaired) electrons. The van der Waals surface area contributed by atoms with Crippen LogP contribution in [0.15, 0.2) is 78.9 Å². The number of benzene rings is 4. The van der Waals surface area contributed by atoms with Gasteiger partial charge in [0.2, 0.25) is 0 Å². The number of carbonyl (C=O) groups is 1. The van der Waals surface area contributed by atoms with Crippen LogP contribution in [0.1, 0.15) is 52.0 Å². The number of fused-ring (bicyclic) bond motifs is 1. The topological polar surface area (TPSA) is 81.0 Å². The average Bonchev–Trinajstić information content (AvgIpc) is 3.30. The van der Waals surface area contributed by atoms with E-state index in [1.54, 1.807) is 12.1 Å². The minimum atomic E-state index is -0.415. The SMILES string of the molecule is Cc1c(C)n(CCCCCN2CCN(C)CC2)c2ccc(Cc3ccc(C(=O)Nc4cc(O)c(-c5ccc(F)cc5)c(O)c4)cc3)cc12. The summed E-state index contributed by atoms with van der Waals surface area (Å²) >= 11 is 0. The van der Waals surface area contributed by atoms with Crippen LogP contribution in [0, 0.1) is 19.7 Å². The molecule has 5 aromatic rings. The lowest BCUT2D eigenvalue weighted by Gasteiger charge is -2.32. The lowest BCUT2D eigenvalue weighted by molar-refractivity contribution is 0.102. The fraction of sp³-hybridized carbons (Fsp3) is 0.325. The summed E-state index contributed by atoms with van der Waals surface area (Å²) in [6.45, 7) is 11.4. The Bertz CT molecular complexity index is 1870. The number of amides is 1. The van der Waals surface area contributed by atoms with Gasteiger partial charge in [0.05, 0.1) is 5.56 Å². The molecule has 1 saturated heterocycles. The number of halogens is 1. The minimum absolute atomic E-state index is 0.171. The van der Waals surface area contributed by atoms with Crippen molar-refractivity contribution in [1.29, 1.82) is 0 Å². The van der Waals surface area contributed by atoms with Crippen molar-refractivity contribution in [3.63, 3.8) is 0 Å². The normalized spacial score (nSPS) is 14.1. The molecule has 2 heterocycles. The number of hydrogen-bond acceptors (Lipinski definition) is 5. The molecule has 0 spiro atoms. The Balaban J connectivity index is 1.05. The Hall–Kier alpha value is -4.66. The third kappa shape index (κ3) is 7.56. The Labute approximate surface area is 282 Å². The Kier molecular flexibility index (Phi) is 10.1. The fourth-order valence-electron chi connectivity index (χ4n) is 6.76. The van der Waals surface area contributed by atoms with Crippen molar-refractivity contribution in [3.8, 4) is 22.6 Å². The van der Waals surface area contributed by atoms with Crippen LogP contribution >= 0.6 is 0 Å². The molecule has 0 bridgehead atoms. The number of phenolic OH excluding ortho intramolecular Hbond substituents is 2. The highest BCUT2D eigenvalue weighted by Crippen LogP contribution is 2.40. The number of aromatic hydroxyl groups is 2. The molecule has 1 aliphatic rings. The summed E-state index contributed by atoms with van der Waals surface area (Å²) in [4.78, 5) is 18.0. The van der Waals surface area contributed by atoms with Gasteiger partial charge in [-0.1, -0.05) is 36.8 Å². The maximum Gasteiger partial charge on any atom is 0.255 e. The van der Waals surface area contributed by atoms with Crippen LogP contribution in [-0.4, -0.2) is 70.3 Å². The van der Waals surface area contributed by atoms with Crippen LogP contribution < -0.4 is 5.32 Å². The first-order valence-electron chi connectivity index (χ1n) is 16.9. The highest BCUT2D eigenvalue weighted by Gasteiger charge is 2.16. The van der Waals surface area contributed by atoms with Gasteiger partial charge in [-0.25, -0.2) is 4.39 Å². The van der Waals surface area contributed by atoms with Crippen LogP contribution in [0.25, 0.3) is 22.0 Å². The van der Waals surface area contributed by atoms with E-state index in [2.05, 4.69) is 58.8 Å². The molecule has 7 nitrogen and oxygen atoms in total. The first-order valence-corrected chi connectivity index (χ1v) is 16.9. The molecule has 6 rings (SSSR count). The van der Waals surface area contributed by atoms with E-state index in [4.69, 9.17) is 0 Å². The molecule has 250 valence electrons. The smallest absolute Gasteiger partial charge is 0.255 e. The third-order valence-electron chi connectivity index (χ3n) is 9.77. The first-order chi connectivity index (χ1) is 23.2. The lowest BCUT2D eigenvalue weighted by Crippen LogP contribution is -2.44. The van der Waals surface area contributed by atoms with E-state index < -0.39 is 5.82 Å². The van der Waals surface area contributed by atoms with Crippen molar-refractivity contribution in [2.45, 2.75) is 46.1 Å². The molecular weight excluding hydrogens is 603 g/mol. The van der Waals surface area contributed by atoms with Crippen molar-refractivity contribution in [2.75, 3.05) is 45.1 Å². The van der Waals surface area contributed by atoms with Gasteiger partial charge in [0.25, 0.3) is 5.91 Å². The molecule has 1 fully saturated rings. The van der Waals surface area contributed by atoms with E-state index >= 15 is 0 Å². The third-order valence-corrected chi connectivity index (χ3v) is 9.77. The summed E-state index contributed by atoms with van der Waals surface area (Å²) in [5.74, 6) is -1.21. The second kappa shape index (κ2) is 14.6. The highest BCUT2D eigenvalue weighted by molar-refractivity contribution is 6.04. The van der Waals surface area contributed by atoms with Crippen LogP contribution in [0.5, 0.6) is 11.5 Å². The van der Waals surface area contributed by atoms with Gasteiger partial charge in [-0.2, -0.15) is 0 Å². The Morgan fingerprint density at radius 2 is 1.44 bits per heavy atom. The summed E-state index contributed by atoms with van der Waals surface area (Å²) in [5.41, 5.74) is 7.63. The molecule has 3 N–H and O–H groups in total. The van der Waals surface area contributed by atoms with Crippen molar-refractivity contribution in [1.82, 2.24) is 14.4 Å². The highest BCUT2D eigenvalue weighted by atomic mass is 19.1. The predicted molar refractivity (Wildman–Crippen MR) is 192 cm³/mol. The number of aryl methyl sites for hydroxylation is 2. The summed E-state index contributed by atoms with van der Waals surface area (Å²) in [5, 5.41) is 25.1. The second-order valence-corrected chi connectivity index (χ2v) is 13.1. The van der Waals surface area contributed by atoms with E-state index in [9.17, 15) is 19.4 Å². The van der Waals surface area contributed by atoms with Crippen LogP contribution in [0.4, 0.5) is 10.1 Å². The van der Waals surface area contributed by atoms with E-state index in [0.717, 1.165) is 18.5 Å². The monoisotopic (exact) mass is 648 g/mol. The molecular formula is C40H45FN4O3. The van der Waals surface area contributed by atoms with Gasteiger partial charge >= 0.3 is 0 Å². The van der Waals surface area contributed by atoms with Gasteiger partial charge in [0.1, 0.15) is 17.3 Å². The number of likely N-dealkylation sites (N-methyl/N-ethyl adjacent to an activating group) is 1. The van der Waals surface area contributed by atoms with Crippen molar-refractivity contribution in [3.05, 3.63) is 113 Å². The standard InChI is InChI=1S/C40H45FN4O3/c1-27-28(2)45(18-6-4-5-17-44-21-19-43(3)20-22-44)36-16-9-30(24-35(27)36)23-29-7-10-32(11-8-29)40(48)42-34-25-37(46)39(38(47)26-34)31-12-14-33(41)15-13-31/h7-16,24-26,46-47H,4-6,17-23H2,1-3H3,(H,42,48). The molecule has 0 aliphatic carbocycles. The van der Waals surface area contributed by atoms with Gasteiger partial charge in [0.15, 0.2) is 0 Å². The van der Waals surface area contributed by atoms with E-state index in [-0.39, 0.29) is 28.7 Å². The number of aromatic nitrogens is 1. The van der Waals surface area contributed by atoms with Gasteiger partial charge in [-0.3, -0.25) is 4.79 Å². The van der Waals surface area contributed by atoms with E-state index in [0.29, 0.717) is 11.1 Å². The van der Waals surface area contributed by atoms with Crippen LogP contribution in [0.3, 0.4) is 0 Å². The van der Waals surface area contributed by atoms with Gasteiger partial charge in [-0.15, -0.1) is 0 Å². The number of phenols is 2. The number of piperazine rings is 1. The summed E-state index contributed by atoms with van der Waals surface area (Å²) < 4.78 is 15.8. The summed E-state index contributed by atoms with van der Waals surface area (Å²) in [6, 6.07) is 22.4. The van der Waals surface area contributed by atoms with Crippen molar-refractivity contribution >= 4 is 22.5 Å². The zero-order chi connectivity index (χ0) is 33.8. The number of rotatable bonds is 11.